The quantitative estimate of drug-likeness (QED) is 0.636. The Morgan fingerprint density at radius 1 is 1.42 bits per heavy atom. The van der Waals surface area contributed by atoms with Gasteiger partial charge in [0.25, 0.3) is 0 Å². The maximum absolute atomic E-state index is 11.4. The lowest BCUT2D eigenvalue weighted by molar-refractivity contribution is -0.125. The summed E-state index contributed by atoms with van der Waals surface area (Å²) in [4.78, 5) is 11.4. The molecule has 0 saturated heterocycles. The summed E-state index contributed by atoms with van der Waals surface area (Å²) in [5.74, 6) is 0.126. The second-order valence-corrected chi connectivity index (χ2v) is 4.11. The summed E-state index contributed by atoms with van der Waals surface area (Å²) >= 11 is 4.86. The molecule has 0 aliphatic rings. The monoisotopic (exact) mass is 188 g/mol. The standard InChI is InChI=1S/C9H16O2S/c1-5-11-8(12)6-7(10)9(2,3)4/h5-6H2,1-4H3. The highest BCUT2D eigenvalue weighted by Gasteiger charge is 2.22. The summed E-state index contributed by atoms with van der Waals surface area (Å²) in [6.07, 6.45) is 0.257. The highest BCUT2D eigenvalue weighted by molar-refractivity contribution is 7.80. The Balaban J connectivity index is 3.94. The van der Waals surface area contributed by atoms with Crippen LogP contribution in [0, 0.1) is 5.41 Å². The van der Waals surface area contributed by atoms with E-state index in [-0.39, 0.29) is 17.6 Å². The number of thiocarbonyl (C=S) groups is 1. The van der Waals surface area contributed by atoms with E-state index in [9.17, 15) is 4.79 Å². The third-order valence-electron chi connectivity index (χ3n) is 1.45. The van der Waals surface area contributed by atoms with Gasteiger partial charge in [-0.3, -0.25) is 4.79 Å². The fourth-order valence-electron chi connectivity index (χ4n) is 0.608. The number of hydrogen-bond acceptors (Lipinski definition) is 3. The highest BCUT2D eigenvalue weighted by Crippen LogP contribution is 2.17. The largest absolute Gasteiger partial charge is 0.487 e. The molecule has 0 spiro atoms. The fraction of sp³-hybridized carbons (Fsp3) is 0.778. The van der Waals surface area contributed by atoms with Crippen molar-refractivity contribution in [1.29, 1.82) is 0 Å². The van der Waals surface area contributed by atoms with E-state index in [1.165, 1.54) is 0 Å². The predicted octanol–water partition coefficient (Wildman–Crippen LogP) is 2.36. The van der Waals surface area contributed by atoms with Crippen molar-refractivity contribution in [1.82, 2.24) is 0 Å². The molecule has 0 N–H and O–H groups in total. The van der Waals surface area contributed by atoms with Crippen molar-refractivity contribution in [3.05, 3.63) is 0 Å². The van der Waals surface area contributed by atoms with E-state index in [1.54, 1.807) is 0 Å². The van der Waals surface area contributed by atoms with Gasteiger partial charge in [-0.2, -0.15) is 0 Å². The zero-order valence-electron chi connectivity index (χ0n) is 8.14. The van der Waals surface area contributed by atoms with Crippen LogP contribution in [0.3, 0.4) is 0 Å². The summed E-state index contributed by atoms with van der Waals surface area (Å²) < 4.78 is 5.02. The molecule has 0 unspecified atom stereocenters. The van der Waals surface area contributed by atoms with Crippen molar-refractivity contribution in [2.75, 3.05) is 6.61 Å². The molecular formula is C9H16O2S. The average molecular weight is 188 g/mol. The maximum atomic E-state index is 11.4. The van der Waals surface area contributed by atoms with Gasteiger partial charge in [0.2, 0.25) is 0 Å². The van der Waals surface area contributed by atoms with Crippen molar-refractivity contribution < 1.29 is 9.53 Å². The first-order valence-electron chi connectivity index (χ1n) is 4.07. The molecule has 0 aliphatic carbocycles. The number of ketones is 1. The molecule has 0 saturated carbocycles. The Morgan fingerprint density at radius 2 is 1.92 bits per heavy atom. The highest BCUT2D eigenvalue weighted by atomic mass is 32.1. The van der Waals surface area contributed by atoms with Crippen molar-refractivity contribution >= 4 is 23.1 Å². The first kappa shape index (κ1) is 11.6. The molecule has 0 aromatic carbocycles. The lowest BCUT2D eigenvalue weighted by Gasteiger charge is -2.16. The second kappa shape index (κ2) is 4.55. The normalized spacial score (nSPS) is 11.0. The number of rotatable bonds is 3. The Morgan fingerprint density at radius 3 is 2.25 bits per heavy atom. The van der Waals surface area contributed by atoms with Crippen LogP contribution in [0.15, 0.2) is 0 Å². The van der Waals surface area contributed by atoms with Crippen molar-refractivity contribution in [3.63, 3.8) is 0 Å². The van der Waals surface area contributed by atoms with Gasteiger partial charge in [0.15, 0.2) is 5.05 Å². The van der Waals surface area contributed by atoms with E-state index in [0.29, 0.717) is 11.7 Å². The van der Waals surface area contributed by atoms with Gasteiger partial charge in [-0.15, -0.1) is 0 Å². The van der Waals surface area contributed by atoms with Gasteiger partial charge >= 0.3 is 0 Å². The third-order valence-corrected chi connectivity index (χ3v) is 1.71. The van der Waals surface area contributed by atoms with Crippen LogP contribution in [0.4, 0.5) is 0 Å². The molecule has 0 aromatic heterocycles. The summed E-state index contributed by atoms with van der Waals surface area (Å²) in [5.41, 5.74) is -0.318. The first-order chi connectivity index (χ1) is 5.38. The molecule has 12 heavy (non-hydrogen) atoms. The van der Waals surface area contributed by atoms with Crippen LogP contribution < -0.4 is 0 Å². The lowest BCUT2D eigenvalue weighted by Crippen LogP contribution is -2.23. The molecule has 0 fully saturated rings. The molecule has 0 heterocycles. The maximum Gasteiger partial charge on any atom is 0.167 e. The summed E-state index contributed by atoms with van der Waals surface area (Å²) in [5, 5.41) is 0.400. The minimum atomic E-state index is -0.318. The molecule has 0 radical (unpaired) electrons. The number of hydrogen-bond donors (Lipinski definition) is 0. The minimum Gasteiger partial charge on any atom is -0.487 e. The molecule has 2 nitrogen and oxygen atoms in total. The van der Waals surface area contributed by atoms with Gasteiger partial charge in [0, 0.05) is 5.41 Å². The van der Waals surface area contributed by atoms with Crippen molar-refractivity contribution in [2.24, 2.45) is 5.41 Å². The molecule has 0 amide bonds. The smallest absolute Gasteiger partial charge is 0.167 e. The summed E-state index contributed by atoms with van der Waals surface area (Å²) in [7, 11) is 0. The molecule has 0 atom stereocenters. The van der Waals surface area contributed by atoms with Gasteiger partial charge in [0.05, 0.1) is 13.0 Å². The van der Waals surface area contributed by atoms with Gasteiger partial charge in [-0.05, 0) is 19.1 Å². The van der Waals surface area contributed by atoms with E-state index in [4.69, 9.17) is 17.0 Å². The SMILES string of the molecule is CCOC(=S)CC(=O)C(C)(C)C. The molecule has 0 aliphatic heterocycles. The van der Waals surface area contributed by atoms with E-state index in [0.717, 1.165) is 0 Å². The Hall–Kier alpha value is -0.440. The summed E-state index contributed by atoms with van der Waals surface area (Å²) in [6.45, 7) is 8.03. The number of carbonyl (C=O) groups is 1. The van der Waals surface area contributed by atoms with Crippen LogP contribution in [0.25, 0.3) is 0 Å². The minimum absolute atomic E-state index is 0.126. The van der Waals surface area contributed by atoms with E-state index < -0.39 is 0 Å². The Kier molecular flexibility index (Phi) is 4.39. The third kappa shape index (κ3) is 4.44. The fourth-order valence-corrected chi connectivity index (χ4v) is 0.857. The van der Waals surface area contributed by atoms with Crippen LogP contribution >= 0.6 is 12.2 Å². The van der Waals surface area contributed by atoms with Crippen LogP contribution in [-0.4, -0.2) is 17.4 Å². The van der Waals surface area contributed by atoms with Crippen LogP contribution in [0.1, 0.15) is 34.1 Å². The topological polar surface area (TPSA) is 26.3 Å². The zero-order valence-corrected chi connectivity index (χ0v) is 8.96. The molecule has 0 rings (SSSR count). The van der Waals surface area contributed by atoms with Crippen LogP contribution in [-0.2, 0) is 9.53 Å². The molecule has 3 heteroatoms. The number of carbonyl (C=O) groups excluding carboxylic acids is 1. The molecule has 0 bridgehead atoms. The lowest BCUT2D eigenvalue weighted by atomic mass is 9.89. The Bertz CT molecular complexity index is 179. The summed E-state index contributed by atoms with van der Waals surface area (Å²) in [6, 6.07) is 0. The van der Waals surface area contributed by atoms with Crippen LogP contribution in [0.2, 0.25) is 0 Å². The van der Waals surface area contributed by atoms with Gasteiger partial charge in [0.1, 0.15) is 5.78 Å². The Labute approximate surface area is 79.3 Å². The van der Waals surface area contributed by atoms with Crippen molar-refractivity contribution in [3.8, 4) is 0 Å². The molecule has 0 aromatic rings. The number of ether oxygens (including phenoxy) is 1. The second-order valence-electron chi connectivity index (χ2n) is 3.65. The molecular weight excluding hydrogens is 172 g/mol. The van der Waals surface area contributed by atoms with E-state index >= 15 is 0 Å². The van der Waals surface area contributed by atoms with Crippen molar-refractivity contribution in [2.45, 2.75) is 34.1 Å². The van der Waals surface area contributed by atoms with Crippen LogP contribution in [0.5, 0.6) is 0 Å². The average Bonchev–Trinajstić information content (AvgIpc) is 1.85. The van der Waals surface area contributed by atoms with E-state index in [2.05, 4.69) is 0 Å². The molecule has 70 valence electrons. The predicted molar refractivity (Wildman–Crippen MR) is 53.3 cm³/mol. The van der Waals surface area contributed by atoms with E-state index in [1.807, 2.05) is 27.7 Å². The first-order valence-corrected chi connectivity index (χ1v) is 4.47. The van der Waals surface area contributed by atoms with Gasteiger partial charge in [-0.25, -0.2) is 0 Å². The number of Topliss-reactive ketones (excluding diaryl/α,β-unsaturated/α-hetero) is 1. The zero-order chi connectivity index (χ0) is 9.78. The van der Waals surface area contributed by atoms with Gasteiger partial charge in [-0.1, -0.05) is 20.8 Å². The van der Waals surface area contributed by atoms with Gasteiger partial charge < -0.3 is 4.74 Å².